The fraction of sp³-hybridized carbons (Fsp3) is 0. The molecule has 1 aliphatic rings. The predicted octanol–water partition coefficient (Wildman–Crippen LogP) is 5.74. The van der Waals surface area contributed by atoms with Gasteiger partial charge in [-0.2, -0.15) is 0 Å². The number of carbonyl (C=O) groups is 1. The van der Waals surface area contributed by atoms with Crippen LogP contribution in [0.1, 0.15) is 11.1 Å². The minimum Gasteiger partial charge on any atom is -0.289 e. The number of benzene rings is 5. The van der Waals surface area contributed by atoms with Crippen molar-refractivity contribution in [1.82, 2.24) is 0 Å². The molecule has 1 aliphatic carbocycles. The van der Waals surface area contributed by atoms with Gasteiger partial charge in [-0.25, -0.2) is 0 Å². The van der Waals surface area contributed by atoms with E-state index in [-0.39, 0.29) is 5.78 Å². The average Bonchev–Trinajstić information content (AvgIpc) is 3.13. The van der Waals surface area contributed by atoms with Gasteiger partial charge in [0.1, 0.15) is 0 Å². The van der Waals surface area contributed by atoms with Crippen molar-refractivity contribution in [3.05, 3.63) is 129 Å². The molecule has 0 N–H and O–H groups in total. The van der Waals surface area contributed by atoms with Gasteiger partial charge in [-0.1, -0.05) is 107 Å². The van der Waals surface area contributed by atoms with Crippen molar-refractivity contribution in [2.24, 2.45) is 0 Å². The molecule has 1 nitrogen and oxygen atoms in total. The smallest absolute Gasteiger partial charge is 0.195 e. The third-order valence-electron chi connectivity index (χ3n) is 6.07. The summed E-state index contributed by atoms with van der Waals surface area (Å²) in [5, 5.41) is 6.61. The van der Waals surface area contributed by atoms with Crippen molar-refractivity contribution in [2.75, 3.05) is 0 Å². The number of carbonyl (C=O) groups excluding carboxylic acids is 1. The molecule has 0 bridgehead atoms. The molecule has 0 aromatic heterocycles. The molecule has 5 aromatic rings. The van der Waals surface area contributed by atoms with E-state index in [0.29, 0.717) is 0 Å². The van der Waals surface area contributed by atoms with E-state index in [1.54, 1.807) is 0 Å². The first kappa shape index (κ1) is 18.3. The van der Waals surface area contributed by atoms with Gasteiger partial charge in [0, 0.05) is 26.1 Å². The average molecular weight is 461 g/mol. The number of halogens is 1. The molecule has 2 heteroatoms. The number of fused-ring (bicyclic) bond motifs is 6. The summed E-state index contributed by atoms with van der Waals surface area (Å²) in [4.78, 5) is 14.0. The molecule has 0 fully saturated rings. The topological polar surface area (TPSA) is 17.1 Å². The van der Waals surface area contributed by atoms with E-state index in [9.17, 15) is 4.79 Å². The van der Waals surface area contributed by atoms with Crippen LogP contribution >= 0.6 is 15.9 Å². The van der Waals surface area contributed by atoms with Crippen LogP contribution in [0.2, 0.25) is 0 Å². The van der Waals surface area contributed by atoms with Crippen LogP contribution in [-0.2, 0) is 4.79 Å². The Hall–Kier alpha value is -3.49. The molecule has 0 aliphatic heterocycles. The highest BCUT2D eigenvalue weighted by Crippen LogP contribution is 2.30. The third-order valence-corrected chi connectivity index (χ3v) is 6.56. The van der Waals surface area contributed by atoms with Crippen molar-refractivity contribution < 1.29 is 4.79 Å². The zero-order valence-electron chi connectivity index (χ0n) is 16.6. The van der Waals surface area contributed by atoms with Gasteiger partial charge in [-0.05, 0) is 44.8 Å². The SMILES string of the molecule is O=C1C(c2ccccc2)=c2c(c3ccc(Br)cc3c3ccccc23)=C1c1ccccc1. The van der Waals surface area contributed by atoms with Crippen molar-refractivity contribution in [1.29, 1.82) is 0 Å². The van der Waals surface area contributed by atoms with Crippen molar-refractivity contribution in [3.63, 3.8) is 0 Å². The van der Waals surface area contributed by atoms with Crippen LogP contribution in [0.15, 0.2) is 108 Å². The van der Waals surface area contributed by atoms with Gasteiger partial charge in [-0.3, -0.25) is 4.79 Å². The van der Waals surface area contributed by atoms with Crippen LogP contribution in [-0.4, -0.2) is 5.78 Å². The largest absolute Gasteiger partial charge is 0.289 e. The number of rotatable bonds is 2. The second-order valence-corrected chi connectivity index (χ2v) is 8.71. The monoisotopic (exact) mass is 460 g/mol. The second-order valence-electron chi connectivity index (χ2n) is 7.80. The van der Waals surface area contributed by atoms with Gasteiger partial charge < -0.3 is 0 Å². The molecule has 0 unspecified atom stereocenters. The van der Waals surface area contributed by atoms with E-state index >= 15 is 0 Å². The van der Waals surface area contributed by atoms with Gasteiger partial charge in [0.15, 0.2) is 5.78 Å². The highest BCUT2D eigenvalue weighted by Gasteiger charge is 2.28. The fourth-order valence-corrected chi connectivity index (χ4v) is 5.16. The molecule has 0 saturated carbocycles. The Balaban J connectivity index is 1.97. The van der Waals surface area contributed by atoms with Crippen LogP contribution < -0.4 is 10.4 Å². The summed E-state index contributed by atoms with van der Waals surface area (Å²) < 4.78 is 1.03. The molecule has 0 atom stereocenters. The fourth-order valence-electron chi connectivity index (χ4n) is 4.79. The predicted molar refractivity (Wildman–Crippen MR) is 131 cm³/mol. The van der Waals surface area contributed by atoms with E-state index in [4.69, 9.17) is 0 Å². The summed E-state index contributed by atoms with van der Waals surface area (Å²) in [6, 6.07) is 34.9. The molecule has 0 spiro atoms. The first-order valence-corrected chi connectivity index (χ1v) is 11.1. The highest BCUT2D eigenvalue weighted by molar-refractivity contribution is 9.10. The first-order valence-electron chi connectivity index (χ1n) is 10.3. The Kier molecular flexibility index (Phi) is 4.15. The minimum atomic E-state index is 0.0907. The minimum absolute atomic E-state index is 0.0907. The van der Waals surface area contributed by atoms with E-state index < -0.39 is 0 Å². The van der Waals surface area contributed by atoms with Crippen molar-refractivity contribution >= 4 is 54.4 Å². The van der Waals surface area contributed by atoms with Gasteiger partial charge in [-0.15, -0.1) is 0 Å². The normalized spacial score (nSPS) is 13.3. The summed E-state index contributed by atoms with van der Waals surface area (Å²) >= 11 is 3.64. The third kappa shape index (κ3) is 2.72. The Morgan fingerprint density at radius 2 is 0.968 bits per heavy atom. The Morgan fingerprint density at radius 3 is 1.55 bits per heavy atom. The molecule has 6 rings (SSSR count). The Morgan fingerprint density at radius 1 is 0.484 bits per heavy atom. The lowest BCUT2D eigenvalue weighted by atomic mass is 9.95. The van der Waals surface area contributed by atoms with Crippen LogP contribution in [0.4, 0.5) is 0 Å². The highest BCUT2D eigenvalue weighted by atomic mass is 79.9. The summed E-state index contributed by atoms with van der Waals surface area (Å²) in [5.41, 5.74) is 3.49. The number of ketones is 1. The molecule has 31 heavy (non-hydrogen) atoms. The lowest BCUT2D eigenvalue weighted by molar-refractivity contribution is -0.108. The van der Waals surface area contributed by atoms with Crippen LogP contribution in [0, 0.1) is 0 Å². The Labute approximate surface area is 188 Å². The van der Waals surface area contributed by atoms with Gasteiger partial charge >= 0.3 is 0 Å². The standard InChI is InChI=1S/C29H17BrO/c30-20-15-16-23-24(17-20)21-13-7-8-14-22(21)27-25(18-9-3-1-4-10-18)29(31)26(28(23)27)19-11-5-2-6-12-19/h1-17H. The lowest BCUT2D eigenvalue weighted by Gasteiger charge is -2.08. The van der Waals surface area contributed by atoms with Gasteiger partial charge in [0.2, 0.25) is 0 Å². The molecule has 0 heterocycles. The Bertz CT molecular complexity index is 1630. The maximum Gasteiger partial charge on any atom is 0.195 e. The van der Waals surface area contributed by atoms with Crippen LogP contribution in [0.3, 0.4) is 0 Å². The molecule has 0 saturated heterocycles. The quantitative estimate of drug-likeness (QED) is 0.307. The molecule has 146 valence electrons. The molecular weight excluding hydrogens is 444 g/mol. The zero-order chi connectivity index (χ0) is 20.9. The van der Waals surface area contributed by atoms with E-state index in [1.165, 1.54) is 0 Å². The lowest BCUT2D eigenvalue weighted by Crippen LogP contribution is -2.27. The summed E-state index contributed by atoms with van der Waals surface area (Å²) in [6.07, 6.45) is 0. The molecular formula is C29H17BrO. The number of hydrogen-bond donors (Lipinski definition) is 0. The second kappa shape index (κ2) is 7.04. The van der Waals surface area contributed by atoms with Crippen molar-refractivity contribution in [3.8, 4) is 0 Å². The summed E-state index contributed by atoms with van der Waals surface area (Å²) in [5.74, 6) is 0.0907. The van der Waals surface area contributed by atoms with Crippen molar-refractivity contribution in [2.45, 2.75) is 0 Å². The van der Waals surface area contributed by atoms with E-state index in [1.807, 2.05) is 60.7 Å². The van der Waals surface area contributed by atoms with Crippen LogP contribution in [0.5, 0.6) is 0 Å². The van der Waals surface area contributed by atoms with Gasteiger partial charge in [0.25, 0.3) is 0 Å². The van der Waals surface area contributed by atoms with E-state index in [0.717, 1.165) is 58.7 Å². The first-order chi connectivity index (χ1) is 15.2. The summed E-state index contributed by atoms with van der Waals surface area (Å²) in [7, 11) is 0. The van der Waals surface area contributed by atoms with Crippen LogP contribution in [0.25, 0.3) is 32.7 Å². The molecule has 5 aromatic carbocycles. The number of hydrogen-bond acceptors (Lipinski definition) is 1. The molecule has 0 amide bonds. The number of Topliss-reactive ketones (excluding diaryl/α,β-unsaturated/α-hetero) is 1. The summed E-state index contributed by atoms with van der Waals surface area (Å²) in [6.45, 7) is 0. The maximum absolute atomic E-state index is 14.0. The zero-order valence-corrected chi connectivity index (χ0v) is 18.2. The maximum atomic E-state index is 14.0. The molecule has 0 radical (unpaired) electrons. The van der Waals surface area contributed by atoms with Gasteiger partial charge in [0.05, 0.1) is 0 Å². The van der Waals surface area contributed by atoms with E-state index in [2.05, 4.69) is 58.4 Å².